The van der Waals surface area contributed by atoms with Crippen molar-refractivity contribution in [2.75, 3.05) is 13.2 Å². The Labute approximate surface area is 111 Å². The van der Waals surface area contributed by atoms with E-state index in [4.69, 9.17) is 5.11 Å². The van der Waals surface area contributed by atoms with Gasteiger partial charge in [0.1, 0.15) is 5.82 Å². The molecule has 0 aromatic heterocycles. The first-order valence-corrected chi connectivity index (χ1v) is 6.53. The first-order valence-electron chi connectivity index (χ1n) is 6.53. The maximum atomic E-state index is 13.4. The molecule has 1 rings (SSSR count). The molecule has 0 amide bonds. The Morgan fingerprint density at radius 2 is 1.79 bits per heavy atom. The fourth-order valence-electron chi connectivity index (χ4n) is 2.05. The SMILES string of the molecule is CCCC(CCO)CNCc1cc(F)c(F)cc1F. The fraction of sp³-hybridized carbons (Fsp3) is 0.571. The first-order chi connectivity index (χ1) is 9.08. The monoisotopic (exact) mass is 275 g/mol. The van der Waals surface area contributed by atoms with Gasteiger partial charge in [0.2, 0.25) is 0 Å². The number of aliphatic hydroxyl groups is 1. The Morgan fingerprint density at radius 3 is 2.42 bits per heavy atom. The van der Waals surface area contributed by atoms with Crippen molar-refractivity contribution in [1.82, 2.24) is 5.32 Å². The Hall–Kier alpha value is -1.07. The van der Waals surface area contributed by atoms with Gasteiger partial charge < -0.3 is 10.4 Å². The minimum absolute atomic E-state index is 0.109. The highest BCUT2D eigenvalue weighted by Gasteiger charge is 2.11. The molecule has 19 heavy (non-hydrogen) atoms. The van der Waals surface area contributed by atoms with Crippen LogP contribution in [-0.4, -0.2) is 18.3 Å². The minimum Gasteiger partial charge on any atom is -0.396 e. The lowest BCUT2D eigenvalue weighted by molar-refractivity contribution is 0.248. The molecular weight excluding hydrogens is 255 g/mol. The summed E-state index contributed by atoms with van der Waals surface area (Å²) in [4.78, 5) is 0. The second-order valence-corrected chi connectivity index (χ2v) is 4.66. The Balaban J connectivity index is 2.50. The maximum absolute atomic E-state index is 13.4. The van der Waals surface area contributed by atoms with Crippen LogP contribution in [0.2, 0.25) is 0 Å². The Bertz CT molecular complexity index is 393. The smallest absolute Gasteiger partial charge is 0.161 e. The lowest BCUT2D eigenvalue weighted by Gasteiger charge is -2.16. The van der Waals surface area contributed by atoms with Crippen molar-refractivity contribution in [3.05, 3.63) is 35.1 Å². The van der Waals surface area contributed by atoms with Crippen molar-refractivity contribution < 1.29 is 18.3 Å². The van der Waals surface area contributed by atoms with Gasteiger partial charge in [0.25, 0.3) is 0 Å². The highest BCUT2D eigenvalue weighted by atomic mass is 19.2. The largest absolute Gasteiger partial charge is 0.396 e. The molecule has 0 aliphatic carbocycles. The number of benzene rings is 1. The summed E-state index contributed by atoms with van der Waals surface area (Å²) in [6, 6.07) is 1.43. The molecule has 0 aliphatic rings. The van der Waals surface area contributed by atoms with Gasteiger partial charge in [0.05, 0.1) is 0 Å². The summed E-state index contributed by atoms with van der Waals surface area (Å²) in [6.45, 7) is 2.94. The van der Waals surface area contributed by atoms with Crippen molar-refractivity contribution in [3.63, 3.8) is 0 Å². The molecule has 0 heterocycles. The zero-order valence-electron chi connectivity index (χ0n) is 11.1. The van der Waals surface area contributed by atoms with E-state index in [9.17, 15) is 13.2 Å². The molecule has 0 bridgehead atoms. The molecule has 5 heteroatoms. The quantitative estimate of drug-likeness (QED) is 0.715. The van der Waals surface area contributed by atoms with E-state index in [1.165, 1.54) is 0 Å². The lowest BCUT2D eigenvalue weighted by Crippen LogP contribution is -2.24. The molecular formula is C14H20F3NO. The molecule has 1 atom stereocenters. The van der Waals surface area contributed by atoms with Crippen LogP contribution in [0.3, 0.4) is 0 Å². The zero-order chi connectivity index (χ0) is 14.3. The third kappa shape index (κ3) is 5.20. The lowest BCUT2D eigenvalue weighted by atomic mass is 10.00. The third-order valence-electron chi connectivity index (χ3n) is 3.07. The van der Waals surface area contributed by atoms with Crippen LogP contribution in [0.1, 0.15) is 31.7 Å². The van der Waals surface area contributed by atoms with Crippen LogP contribution in [-0.2, 0) is 6.54 Å². The molecule has 2 nitrogen and oxygen atoms in total. The Kier molecular flexibility index (Phi) is 6.87. The Morgan fingerprint density at radius 1 is 1.11 bits per heavy atom. The van der Waals surface area contributed by atoms with E-state index in [0.29, 0.717) is 24.9 Å². The van der Waals surface area contributed by atoms with E-state index in [2.05, 4.69) is 12.2 Å². The summed E-state index contributed by atoms with van der Waals surface area (Å²) in [7, 11) is 0. The molecule has 108 valence electrons. The highest BCUT2D eigenvalue weighted by molar-refractivity contribution is 5.19. The van der Waals surface area contributed by atoms with Crippen LogP contribution in [0, 0.1) is 23.4 Å². The van der Waals surface area contributed by atoms with Crippen molar-refractivity contribution >= 4 is 0 Å². The molecule has 0 aliphatic heterocycles. The average Bonchev–Trinajstić information content (AvgIpc) is 2.36. The molecule has 0 saturated heterocycles. The number of aliphatic hydroxyl groups excluding tert-OH is 1. The van der Waals surface area contributed by atoms with E-state index in [-0.39, 0.29) is 18.7 Å². The molecule has 0 saturated carbocycles. The van der Waals surface area contributed by atoms with Crippen LogP contribution in [0.5, 0.6) is 0 Å². The van der Waals surface area contributed by atoms with Crippen LogP contribution >= 0.6 is 0 Å². The van der Waals surface area contributed by atoms with Gasteiger partial charge >= 0.3 is 0 Å². The van der Waals surface area contributed by atoms with Crippen molar-refractivity contribution in [2.45, 2.75) is 32.7 Å². The van der Waals surface area contributed by atoms with Crippen LogP contribution in [0.4, 0.5) is 13.2 Å². The maximum Gasteiger partial charge on any atom is 0.161 e. The molecule has 0 fully saturated rings. The summed E-state index contributed by atoms with van der Waals surface area (Å²) in [5, 5.41) is 11.9. The third-order valence-corrected chi connectivity index (χ3v) is 3.07. The number of rotatable bonds is 8. The van der Waals surface area contributed by atoms with E-state index in [1.54, 1.807) is 0 Å². The summed E-state index contributed by atoms with van der Waals surface area (Å²) in [5.74, 6) is -2.66. The molecule has 0 radical (unpaired) electrons. The van der Waals surface area contributed by atoms with Crippen LogP contribution in [0.25, 0.3) is 0 Å². The van der Waals surface area contributed by atoms with Gasteiger partial charge in [-0.2, -0.15) is 0 Å². The van der Waals surface area contributed by atoms with Crippen molar-refractivity contribution in [1.29, 1.82) is 0 Å². The minimum atomic E-state index is -1.18. The summed E-state index contributed by atoms with van der Waals surface area (Å²) < 4.78 is 39.1. The number of hydrogen-bond donors (Lipinski definition) is 2. The van der Waals surface area contributed by atoms with Crippen molar-refractivity contribution in [3.8, 4) is 0 Å². The zero-order valence-corrected chi connectivity index (χ0v) is 11.1. The molecule has 1 aromatic carbocycles. The molecule has 0 spiro atoms. The van der Waals surface area contributed by atoms with E-state index in [1.807, 2.05) is 0 Å². The topological polar surface area (TPSA) is 32.3 Å². The van der Waals surface area contributed by atoms with Crippen LogP contribution in [0.15, 0.2) is 12.1 Å². The number of nitrogens with one attached hydrogen (secondary N) is 1. The number of halogens is 3. The van der Waals surface area contributed by atoms with Crippen molar-refractivity contribution in [2.24, 2.45) is 5.92 Å². The van der Waals surface area contributed by atoms with Gasteiger partial charge in [-0.25, -0.2) is 13.2 Å². The molecule has 1 unspecified atom stereocenters. The summed E-state index contributed by atoms with van der Waals surface area (Å²) in [5.41, 5.74) is 0.109. The standard InChI is InChI=1S/C14H20F3NO/c1-2-3-10(4-5-19)8-18-9-11-6-13(16)14(17)7-12(11)15/h6-7,10,18-19H,2-5,8-9H2,1H3. The normalized spacial score (nSPS) is 12.7. The fourth-order valence-corrected chi connectivity index (χ4v) is 2.05. The highest BCUT2D eigenvalue weighted by Crippen LogP contribution is 2.14. The number of hydrogen-bond acceptors (Lipinski definition) is 2. The second-order valence-electron chi connectivity index (χ2n) is 4.66. The van der Waals surface area contributed by atoms with E-state index < -0.39 is 17.5 Å². The summed E-state index contributed by atoms with van der Waals surface area (Å²) >= 11 is 0. The predicted molar refractivity (Wildman–Crippen MR) is 68.1 cm³/mol. The molecule has 2 N–H and O–H groups in total. The van der Waals surface area contributed by atoms with E-state index >= 15 is 0 Å². The first kappa shape index (κ1) is 16.0. The van der Waals surface area contributed by atoms with Gasteiger partial charge in [-0.05, 0) is 31.4 Å². The summed E-state index contributed by atoms with van der Waals surface area (Å²) in [6.07, 6.45) is 2.65. The van der Waals surface area contributed by atoms with Crippen LogP contribution < -0.4 is 5.32 Å². The predicted octanol–water partition coefficient (Wildman–Crippen LogP) is 2.99. The van der Waals surface area contributed by atoms with E-state index in [0.717, 1.165) is 18.9 Å². The van der Waals surface area contributed by atoms with Gasteiger partial charge in [0, 0.05) is 24.8 Å². The average molecular weight is 275 g/mol. The van der Waals surface area contributed by atoms with Gasteiger partial charge in [-0.1, -0.05) is 13.3 Å². The van der Waals surface area contributed by atoms with Gasteiger partial charge in [0.15, 0.2) is 11.6 Å². The second kappa shape index (κ2) is 8.17. The van der Waals surface area contributed by atoms with Gasteiger partial charge in [-0.3, -0.25) is 0 Å². The molecule has 1 aromatic rings. The van der Waals surface area contributed by atoms with Gasteiger partial charge in [-0.15, -0.1) is 0 Å².